The molecule has 1 heterocycles. The second-order valence-electron chi connectivity index (χ2n) is 1.71. The molecule has 0 saturated heterocycles. The fraction of sp³-hybridized carbons (Fsp3) is 0.500. The zero-order valence-corrected chi connectivity index (χ0v) is 8.93. The molecule has 0 spiro atoms. The van der Waals surface area contributed by atoms with Crippen LogP contribution in [0.15, 0.2) is 5.10 Å². The lowest BCUT2D eigenvalue weighted by Crippen LogP contribution is -2.31. The van der Waals surface area contributed by atoms with Crippen LogP contribution in [0.4, 0.5) is 0 Å². The molecule has 1 rings (SSSR count). The third-order valence-electron chi connectivity index (χ3n) is 1.06. The Kier molecular flexibility index (Phi) is 1.99. The minimum Gasteiger partial charge on any atom is -0.270 e. The van der Waals surface area contributed by atoms with Crippen LogP contribution in [-0.2, 0) is 4.79 Å². The Hall–Kier alpha value is 0.600. The Morgan fingerprint density at radius 2 is 2.22 bits per heavy atom. The van der Waals surface area contributed by atoms with Gasteiger partial charge in [0.15, 0.2) is 1.43 Å². The summed E-state index contributed by atoms with van der Waals surface area (Å²) in [5.74, 6) is -0.0406. The van der Waals surface area contributed by atoms with E-state index in [0.29, 0.717) is 0 Å². The molecular formula is C4H4I2N2O. The molecule has 1 aliphatic rings. The summed E-state index contributed by atoms with van der Waals surface area (Å²) in [6.07, 6.45) is 0. The molecule has 0 radical (unpaired) electrons. The molecule has 1 aliphatic heterocycles. The first kappa shape index (κ1) is 7.70. The van der Waals surface area contributed by atoms with Crippen LogP contribution >= 0.6 is 45.2 Å². The van der Waals surface area contributed by atoms with Crippen molar-refractivity contribution in [3.05, 3.63) is 0 Å². The van der Waals surface area contributed by atoms with Crippen LogP contribution in [0.25, 0.3) is 0 Å². The van der Waals surface area contributed by atoms with E-state index in [1.165, 1.54) is 0 Å². The van der Waals surface area contributed by atoms with Gasteiger partial charge in [0.05, 0.1) is 5.71 Å². The predicted octanol–water partition coefficient (Wildman–Crippen LogP) is 1.06. The lowest BCUT2D eigenvalue weighted by Gasteiger charge is -2.07. The summed E-state index contributed by atoms with van der Waals surface area (Å²) >= 11 is 4.12. The number of alkyl halides is 2. The quantitative estimate of drug-likeness (QED) is 0.515. The van der Waals surface area contributed by atoms with E-state index in [9.17, 15) is 4.79 Å². The summed E-state index contributed by atoms with van der Waals surface area (Å²) in [6.45, 7) is 1.83. The van der Waals surface area contributed by atoms with Crippen molar-refractivity contribution >= 4 is 56.8 Å². The Morgan fingerprint density at radius 3 is 2.33 bits per heavy atom. The number of carbonyl (C=O) groups excluding carboxylic acids is 1. The summed E-state index contributed by atoms with van der Waals surface area (Å²) < 4.78 is -0.449. The first-order chi connectivity index (χ1) is 4.05. The minimum atomic E-state index is -0.449. The van der Waals surface area contributed by atoms with Gasteiger partial charge >= 0.3 is 0 Å². The van der Waals surface area contributed by atoms with Gasteiger partial charge in [0.2, 0.25) is 0 Å². The van der Waals surface area contributed by atoms with Crippen LogP contribution in [0.3, 0.4) is 0 Å². The minimum absolute atomic E-state index is 0.0406. The van der Waals surface area contributed by atoms with Gasteiger partial charge in [-0.2, -0.15) is 5.10 Å². The van der Waals surface area contributed by atoms with Gasteiger partial charge in [-0.25, -0.2) is 5.43 Å². The zero-order chi connectivity index (χ0) is 7.07. The smallest absolute Gasteiger partial charge is 0.270 e. The topological polar surface area (TPSA) is 41.5 Å². The molecule has 0 atom stereocenters. The Labute approximate surface area is 79.9 Å². The first-order valence-corrected chi connectivity index (χ1v) is 4.44. The second-order valence-corrected chi connectivity index (χ2v) is 7.01. The average Bonchev–Trinajstić information content (AvgIpc) is 1.96. The first-order valence-electron chi connectivity index (χ1n) is 2.28. The van der Waals surface area contributed by atoms with Gasteiger partial charge in [0.1, 0.15) is 0 Å². The van der Waals surface area contributed by atoms with Crippen molar-refractivity contribution in [2.24, 2.45) is 5.10 Å². The standard InChI is InChI=1S/C4H4I2N2O/c1-2-4(5,6)3(9)8-7-2/h1H3,(H,8,9). The maximum absolute atomic E-state index is 10.9. The van der Waals surface area contributed by atoms with E-state index >= 15 is 0 Å². The zero-order valence-electron chi connectivity index (χ0n) is 4.61. The van der Waals surface area contributed by atoms with Crippen molar-refractivity contribution in [2.75, 3.05) is 0 Å². The van der Waals surface area contributed by atoms with E-state index in [0.717, 1.165) is 5.71 Å². The molecule has 5 heteroatoms. The lowest BCUT2D eigenvalue weighted by molar-refractivity contribution is -0.118. The van der Waals surface area contributed by atoms with E-state index in [-0.39, 0.29) is 5.91 Å². The Bertz CT molecular complexity index is 187. The summed E-state index contributed by atoms with van der Waals surface area (Å²) in [6, 6.07) is 0. The van der Waals surface area contributed by atoms with Gasteiger partial charge in [-0.3, -0.25) is 4.79 Å². The highest BCUT2D eigenvalue weighted by molar-refractivity contribution is 14.2. The summed E-state index contributed by atoms with van der Waals surface area (Å²) in [5.41, 5.74) is 3.22. The molecule has 0 fully saturated rings. The fourth-order valence-corrected chi connectivity index (χ4v) is 0.922. The number of halogens is 2. The molecule has 9 heavy (non-hydrogen) atoms. The van der Waals surface area contributed by atoms with Gasteiger partial charge in [-0.15, -0.1) is 0 Å². The molecule has 0 aromatic carbocycles. The Morgan fingerprint density at radius 1 is 1.67 bits per heavy atom. The largest absolute Gasteiger partial charge is 0.272 e. The van der Waals surface area contributed by atoms with Crippen LogP contribution in [0.1, 0.15) is 6.92 Å². The van der Waals surface area contributed by atoms with E-state index in [4.69, 9.17) is 0 Å². The van der Waals surface area contributed by atoms with Crippen LogP contribution < -0.4 is 5.43 Å². The third-order valence-corrected chi connectivity index (χ3v) is 3.61. The third kappa shape index (κ3) is 1.21. The van der Waals surface area contributed by atoms with E-state index < -0.39 is 1.43 Å². The molecular weight excluding hydrogens is 346 g/mol. The van der Waals surface area contributed by atoms with Crippen LogP contribution in [0.5, 0.6) is 0 Å². The molecule has 0 unspecified atom stereocenters. The number of amides is 1. The van der Waals surface area contributed by atoms with Gasteiger partial charge < -0.3 is 0 Å². The second kappa shape index (κ2) is 2.33. The van der Waals surface area contributed by atoms with E-state index in [2.05, 4.69) is 55.7 Å². The van der Waals surface area contributed by atoms with Gasteiger partial charge in [0, 0.05) is 0 Å². The molecule has 1 N–H and O–H groups in total. The number of nitrogens with one attached hydrogen (secondary N) is 1. The number of hydrogen-bond donors (Lipinski definition) is 1. The monoisotopic (exact) mass is 350 g/mol. The van der Waals surface area contributed by atoms with Gasteiger partial charge in [-0.1, -0.05) is 0 Å². The molecule has 50 valence electrons. The number of hydrazone groups is 1. The van der Waals surface area contributed by atoms with Crippen LogP contribution in [0, 0.1) is 0 Å². The maximum atomic E-state index is 10.9. The summed E-state index contributed by atoms with van der Waals surface area (Å²) in [5, 5.41) is 3.77. The highest BCUT2D eigenvalue weighted by atomic mass is 127. The maximum Gasteiger partial charge on any atom is 0.272 e. The molecule has 3 nitrogen and oxygen atoms in total. The normalized spacial score (nSPS) is 23.4. The van der Waals surface area contributed by atoms with E-state index in [1.54, 1.807) is 0 Å². The van der Waals surface area contributed by atoms with Crippen molar-refractivity contribution < 1.29 is 4.79 Å². The highest BCUT2D eigenvalue weighted by Crippen LogP contribution is 2.32. The molecule has 0 aromatic heterocycles. The van der Waals surface area contributed by atoms with Crippen molar-refractivity contribution in [1.29, 1.82) is 0 Å². The SMILES string of the molecule is CC1=NNC(=O)C1(I)I. The molecule has 0 aromatic rings. The van der Waals surface area contributed by atoms with E-state index in [1.807, 2.05) is 6.92 Å². The lowest BCUT2D eigenvalue weighted by atomic mass is 10.3. The number of nitrogens with zero attached hydrogens (tertiary/aromatic N) is 1. The summed E-state index contributed by atoms with van der Waals surface area (Å²) in [4.78, 5) is 10.9. The van der Waals surface area contributed by atoms with Crippen molar-refractivity contribution in [2.45, 2.75) is 8.35 Å². The number of rotatable bonds is 0. The molecule has 0 bridgehead atoms. The van der Waals surface area contributed by atoms with Crippen molar-refractivity contribution in [3.63, 3.8) is 0 Å². The molecule has 0 saturated carbocycles. The fourth-order valence-electron chi connectivity index (χ4n) is 0.439. The predicted molar refractivity (Wildman–Crippen MR) is 52.0 cm³/mol. The van der Waals surface area contributed by atoms with Gasteiger partial charge in [-0.05, 0) is 52.1 Å². The average molecular weight is 350 g/mol. The molecule has 1 amide bonds. The summed E-state index contributed by atoms with van der Waals surface area (Å²) in [7, 11) is 0. The molecule has 0 aliphatic carbocycles. The Balaban J connectivity index is 2.93. The highest BCUT2D eigenvalue weighted by Gasteiger charge is 2.39. The van der Waals surface area contributed by atoms with Crippen molar-refractivity contribution in [1.82, 2.24) is 5.43 Å². The van der Waals surface area contributed by atoms with Gasteiger partial charge in [0.25, 0.3) is 5.91 Å². The number of carbonyl (C=O) groups is 1. The van der Waals surface area contributed by atoms with Crippen LogP contribution in [-0.4, -0.2) is 13.0 Å². The van der Waals surface area contributed by atoms with Crippen molar-refractivity contribution in [3.8, 4) is 0 Å². The number of hydrogen-bond acceptors (Lipinski definition) is 2. The van der Waals surface area contributed by atoms with Crippen LogP contribution in [0.2, 0.25) is 0 Å².